The molecule has 0 aliphatic carbocycles. The van der Waals surface area contributed by atoms with E-state index in [1.165, 1.54) is 148 Å². The van der Waals surface area contributed by atoms with Crippen molar-refractivity contribution < 1.29 is 39.8 Å². The number of hydrogen-bond donors (Lipinski definition) is 6. The van der Waals surface area contributed by atoms with E-state index in [0.29, 0.717) is 6.42 Å². The molecule has 55 heavy (non-hydrogen) atoms. The van der Waals surface area contributed by atoms with E-state index in [1.807, 2.05) is 6.08 Å². The van der Waals surface area contributed by atoms with Gasteiger partial charge in [-0.2, -0.15) is 0 Å². The number of nitrogens with one attached hydrogen (secondary N) is 1. The molecule has 1 fully saturated rings. The highest BCUT2D eigenvalue weighted by Gasteiger charge is 2.44. The smallest absolute Gasteiger partial charge is 0.220 e. The van der Waals surface area contributed by atoms with Gasteiger partial charge in [-0.25, -0.2) is 0 Å². The minimum absolute atomic E-state index is 0.179. The fraction of sp³-hybridized carbons (Fsp3) is 0.891. The molecule has 1 amide bonds. The van der Waals surface area contributed by atoms with Gasteiger partial charge in [-0.1, -0.05) is 179 Å². The van der Waals surface area contributed by atoms with Gasteiger partial charge in [0.2, 0.25) is 5.91 Å². The molecule has 324 valence electrons. The van der Waals surface area contributed by atoms with Crippen LogP contribution in [0.15, 0.2) is 24.3 Å². The van der Waals surface area contributed by atoms with Crippen molar-refractivity contribution in [3.8, 4) is 0 Å². The maximum absolute atomic E-state index is 12.9. The first kappa shape index (κ1) is 51.7. The molecule has 0 bridgehead atoms. The summed E-state index contributed by atoms with van der Waals surface area (Å²) in [7, 11) is 0. The summed E-state index contributed by atoms with van der Waals surface area (Å²) in [6.45, 7) is 3.76. The molecule has 1 aliphatic heterocycles. The first-order valence-corrected chi connectivity index (χ1v) is 23.1. The average Bonchev–Trinajstić information content (AvgIpc) is 3.18. The van der Waals surface area contributed by atoms with E-state index in [0.717, 1.165) is 38.5 Å². The Kier molecular flexibility index (Phi) is 34.7. The molecule has 7 unspecified atom stereocenters. The van der Waals surface area contributed by atoms with Gasteiger partial charge in [0, 0.05) is 6.42 Å². The normalized spacial score (nSPS) is 21.5. The van der Waals surface area contributed by atoms with E-state index in [9.17, 15) is 30.3 Å². The van der Waals surface area contributed by atoms with Crippen molar-refractivity contribution in [3.05, 3.63) is 24.3 Å². The van der Waals surface area contributed by atoms with Crippen LogP contribution in [0.2, 0.25) is 0 Å². The summed E-state index contributed by atoms with van der Waals surface area (Å²) in [6.07, 6.45) is 36.4. The number of carbonyl (C=O) groups excluding carboxylic acids is 1. The van der Waals surface area contributed by atoms with E-state index in [1.54, 1.807) is 6.08 Å². The maximum atomic E-state index is 12.9. The third kappa shape index (κ3) is 27.9. The van der Waals surface area contributed by atoms with Crippen LogP contribution < -0.4 is 5.32 Å². The van der Waals surface area contributed by atoms with Crippen LogP contribution in [0, 0.1) is 0 Å². The van der Waals surface area contributed by atoms with Gasteiger partial charge >= 0.3 is 0 Å². The van der Waals surface area contributed by atoms with Crippen molar-refractivity contribution in [2.45, 2.75) is 249 Å². The van der Waals surface area contributed by atoms with Crippen LogP contribution in [0.5, 0.6) is 0 Å². The second-order valence-electron chi connectivity index (χ2n) is 16.2. The van der Waals surface area contributed by atoms with Crippen LogP contribution in [0.25, 0.3) is 0 Å². The third-order valence-corrected chi connectivity index (χ3v) is 11.0. The van der Waals surface area contributed by atoms with Crippen molar-refractivity contribution in [2.75, 3.05) is 13.2 Å². The van der Waals surface area contributed by atoms with Crippen molar-refractivity contribution in [3.63, 3.8) is 0 Å². The average molecular weight is 782 g/mol. The number of unbranched alkanes of at least 4 members (excludes halogenated alkanes) is 26. The van der Waals surface area contributed by atoms with Crippen molar-refractivity contribution >= 4 is 5.91 Å². The summed E-state index contributed by atoms with van der Waals surface area (Å²) in [5.41, 5.74) is 0. The number of allylic oxidation sites excluding steroid dienone is 3. The van der Waals surface area contributed by atoms with Crippen molar-refractivity contribution in [2.24, 2.45) is 0 Å². The van der Waals surface area contributed by atoms with Crippen LogP contribution in [0.1, 0.15) is 206 Å². The summed E-state index contributed by atoms with van der Waals surface area (Å²) in [5.74, 6) is -0.179. The Morgan fingerprint density at radius 2 is 1.02 bits per heavy atom. The summed E-state index contributed by atoms with van der Waals surface area (Å²) >= 11 is 0. The largest absolute Gasteiger partial charge is 0.394 e. The van der Waals surface area contributed by atoms with Crippen molar-refractivity contribution in [1.29, 1.82) is 0 Å². The highest BCUT2D eigenvalue weighted by molar-refractivity contribution is 5.76. The first-order valence-electron chi connectivity index (χ1n) is 23.1. The Hall–Kier alpha value is -1.33. The number of rotatable bonds is 38. The number of amides is 1. The molecule has 0 aromatic rings. The quantitative estimate of drug-likeness (QED) is 0.0268. The molecule has 0 aromatic carbocycles. The SMILES string of the molecule is CCCCCCCC/C=C\CCCCCCCCCCCC(=O)NC(COC1OC(CO)C(O)C(O)C1O)C(O)/C=C/CCCCCCCCCCCCC. The lowest BCUT2D eigenvalue weighted by Gasteiger charge is -2.40. The van der Waals surface area contributed by atoms with Gasteiger partial charge in [0.25, 0.3) is 0 Å². The van der Waals surface area contributed by atoms with Gasteiger partial charge in [-0.3, -0.25) is 4.79 Å². The van der Waals surface area contributed by atoms with Gasteiger partial charge < -0.3 is 40.3 Å². The Bertz CT molecular complexity index is 914. The number of ether oxygens (including phenoxy) is 2. The lowest BCUT2D eigenvalue weighted by atomic mass is 9.99. The predicted octanol–water partition coefficient (Wildman–Crippen LogP) is 9.50. The molecule has 0 aromatic heterocycles. The van der Waals surface area contributed by atoms with E-state index in [4.69, 9.17) is 9.47 Å². The highest BCUT2D eigenvalue weighted by Crippen LogP contribution is 2.22. The van der Waals surface area contributed by atoms with E-state index < -0.39 is 49.5 Å². The molecule has 0 saturated carbocycles. The zero-order valence-corrected chi connectivity index (χ0v) is 35.4. The summed E-state index contributed by atoms with van der Waals surface area (Å²) in [5, 5.41) is 54.1. The van der Waals surface area contributed by atoms with E-state index in [2.05, 4.69) is 31.3 Å². The van der Waals surface area contributed by atoms with Gasteiger partial charge in [0.15, 0.2) is 6.29 Å². The lowest BCUT2D eigenvalue weighted by Crippen LogP contribution is -2.60. The number of hydrogen-bond acceptors (Lipinski definition) is 8. The standard InChI is InChI=1S/C46H87NO8/c1-3-5-7-9-11-13-15-17-18-19-20-21-22-24-26-28-30-32-34-36-42(50)47-39(38-54-46-45(53)44(52)43(51)41(37-48)55-46)40(49)35-33-31-29-27-25-23-16-14-12-10-8-6-4-2/h17-18,33,35,39-41,43-46,48-49,51-53H,3-16,19-32,34,36-38H2,1-2H3,(H,47,50)/b18-17-,35-33+. The van der Waals surface area contributed by atoms with Crippen LogP contribution in [0.3, 0.4) is 0 Å². The Morgan fingerprint density at radius 3 is 1.47 bits per heavy atom. The monoisotopic (exact) mass is 782 g/mol. The number of aliphatic hydroxyl groups excluding tert-OH is 5. The molecular formula is C46H87NO8. The number of aliphatic hydroxyl groups is 5. The van der Waals surface area contributed by atoms with E-state index >= 15 is 0 Å². The molecule has 1 rings (SSSR count). The predicted molar refractivity (Wildman–Crippen MR) is 226 cm³/mol. The second kappa shape index (κ2) is 37.0. The Balaban J connectivity index is 2.33. The third-order valence-electron chi connectivity index (χ3n) is 11.0. The van der Waals surface area contributed by atoms with Crippen molar-refractivity contribution in [1.82, 2.24) is 5.32 Å². The molecule has 1 saturated heterocycles. The highest BCUT2D eigenvalue weighted by atomic mass is 16.7. The molecule has 0 radical (unpaired) electrons. The van der Waals surface area contributed by atoms with Crippen LogP contribution in [-0.2, 0) is 14.3 Å². The molecule has 1 aliphatic rings. The molecule has 9 heteroatoms. The van der Waals surface area contributed by atoms with Crippen LogP contribution in [-0.4, -0.2) is 87.5 Å². The molecule has 0 spiro atoms. The molecule has 6 N–H and O–H groups in total. The molecule has 9 nitrogen and oxygen atoms in total. The molecule has 1 heterocycles. The zero-order valence-electron chi connectivity index (χ0n) is 35.4. The second-order valence-corrected chi connectivity index (χ2v) is 16.2. The van der Waals surface area contributed by atoms with Gasteiger partial charge in [0.05, 0.1) is 25.4 Å². The van der Waals surface area contributed by atoms with Gasteiger partial charge in [-0.05, 0) is 44.9 Å². The fourth-order valence-electron chi connectivity index (χ4n) is 7.27. The van der Waals surface area contributed by atoms with Gasteiger partial charge in [0.1, 0.15) is 24.4 Å². The first-order chi connectivity index (χ1) is 26.8. The summed E-state index contributed by atoms with van der Waals surface area (Å²) < 4.78 is 11.2. The summed E-state index contributed by atoms with van der Waals surface area (Å²) in [6, 6.07) is -0.802. The van der Waals surface area contributed by atoms with Crippen LogP contribution in [0.4, 0.5) is 0 Å². The Labute approximate surface area is 337 Å². The topological polar surface area (TPSA) is 149 Å². The number of carbonyl (C=O) groups is 1. The fourth-order valence-corrected chi connectivity index (χ4v) is 7.27. The van der Waals surface area contributed by atoms with Crippen LogP contribution >= 0.6 is 0 Å². The summed E-state index contributed by atoms with van der Waals surface area (Å²) in [4.78, 5) is 12.9. The molecule has 7 atom stereocenters. The molecular weight excluding hydrogens is 695 g/mol. The Morgan fingerprint density at radius 1 is 0.600 bits per heavy atom. The maximum Gasteiger partial charge on any atom is 0.220 e. The minimum Gasteiger partial charge on any atom is -0.394 e. The van der Waals surface area contributed by atoms with E-state index in [-0.39, 0.29) is 12.5 Å². The van der Waals surface area contributed by atoms with Gasteiger partial charge in [-0.15, -0.1) is 0 Å². The zero-order chi connectivity index (χ0) is 40.2. The minimum atomic E-state index is -1.56. The lowest BCUT2D eigenvalue weighted by molar-refractivity contribution is -0.302.